The topological polar surface area (TPSA) is 84.5 Å². The van der Waals surface area contributed by atoms with Crippen LogP contribution in [-0.4, -0.2) is 24.4 Å². The fourth-order valence-electron chi connectivity index (χ4n) is 2.40. The van der Waals surface area contributed by atoms with Crippen LogP contribution in [0.15, 0.2) is 48.5 Å². The molecule has 6 nitrogen and oxygen atoms in total. The van der Waals surface area contributed by atoms with Crippen LogP contribution in [0.3, 0.4) is 0 Å². The third-order valence-electron chi connectivity index (χ3n) is 3.67. The Labute approximate surface area is 152 Å². The summed E-state index contributed by atoms with van der Waals surface area (Å²) in [6.45, 7) is 4.03. The SMILES string of the molecule is CCOC(=O)c1ccc(NC(=O)CC(=O)Nc2ccccc2CC)cc1. The van der Waals surface area contributed by atoms with E-state index < -0.39 is 11.9 Å². The van der Waals surface area contributed by atoms with Crippen LogP contribution in [0.4, 0.5) is 11.4 Å². The number of nitrogens with one attached hydrogen (secondary N) is 2. The van der Waals surface area contributed by atoms with Crippen LogP contribution in [0.1, 0.15) is 36.2 Å². The van der Waals surface area contributed by atoms with Gasteiger partial charge in [0.15, 0.2) is 0 Å². The summed E-state index contributed by atoms with van der Waals surface area (Å²) in [6.07, 6.45) is 0.493. The lowest BCUT2D eigenvalue weighted by Crippen LogP contribution is -2.22. The molecule has 2 aromatic rings. The fraction of sp³-hybridized carbons (Fsp3) is 0.250. The minimum absolute atomic E-state index is 0.294. The second kappa shape index (κ2) is 9.36. The highest BCUT2D eigenvalue weighted by molar-refractivity contribution is 6.08. The summed E-state index contributed by atoms with van der Waals surface area (Å²) in [4.78, 5) is 35.7. The van der Waals surface area contributed by atoms with Gasteiger partial charge in [0.1, 0.15) is 6.42 Å². The van der Waals surface area contributed by atoms with Crippen LogP contribution in [0.5, 0.6) is 0 Å². The highest BCUT2D eigenvalue weighted by Crippen LogP contribution is 2.16. The molecule has 0 aliphatic carbocycles. The summed E-state index contributed by atoms with van der Waals surface area (Å²) in [6, 6.07) is 13.8. The quantitative estimate of drug-likeness (QED) is 0.590. The van der Waals surface area contributed by atoms with Crippen LogP contribution < -0.4 is 10.6 Å². The van der Waals surface area contributed by atoms with Gasteiger partial charge in [-0.15, -0.1) is 0 Å². The predicted octanol–water partition coefficient (Wildman–Crippen LogP) is 3.39. The Hall–Kier alpha value is -3.15. The molecule has 0 aliphatic heterocycles. The Morgan fingerprint density at radius 2 is 1.54 bits per heavy atom. The van der Waals surface area contributed by atoms with Crippen molar-refractivity contribution in [3.63, 3.8) is 0 Å². The molecule has 136 valence electrons. The van der Waals surface area contributed by atoms with Gasteiger partial charge in [0.05, 0.1) is 12.2 Å². The zero-order valence-electron chi connectivity index (χ0n) is 14.9. The van der Waals surface area contributed by atoms with E-state index in [1.165, 1.54) is 0 Å². The van der Waals surface area contributed by atoms with Crippen molar-refractivity contribution < 1.29 is 19.1 Å². The molecule has 0 spiro atoms. The molecule has 0 unspecified atom stereocenters. The molecule has 0 aromatic heterocycles. The van der Waals surface area contributed by atoms with E-state index >= 15 is 0 Å². The first-order chi connectivity index (χ1) is 12.5. The van der Waals surface area contributed by atoms with Gasteiger partial charge < -0.3 is 15.4 Å². The first-order valence-electron chi connectivity index (χ1n) is 8.48. The summed E-state index contributed by atoms with van der Waals surface area (Å²) < 4.78 is 4.90. The number of carbonyl (C=O) groups is 3. The lowest BCUT2D eigenvalue weighted by molar-refractivity contribution is -0.123. The Kier molecular flexibility index (Phi) is 6.91. The normalized spacial score (nSPS) is 10.1. The van der Waals surface area contributed by atoms with Crippen molar-refractivity contribution in [1.29, 1.82) is 0 Å². The minimum atomic E-state index is -0.430. The second-order valence-electron chi connectivity index (χ2n) is 5.58. The molecule has 0 saturated carbocycles. The van der Waals surface area contributed by atoms with Gasteiger partial charge in [-0.3, -0.25) is 9.59 Å². The zero-order valence-corrected chi connectivity index (χ0v) is 14.9. The first-order valence-corrected chi connectivity index (χ1v) is 8.48. The molecule has 26 heavy (non-hydrogen) atoms. The predicted molar refractivity (Wildman–Crippen MR) is 100 cm³/mol. The maximum absolute atomic E-state index is 12.1. The number of hydrogen-bond acceptors (Lipinski definition) is 4. The van der Waals surface area contributed by atoms with E-state index in [4.69, 9.17) is 4.74 Å². The van der Waals surface area contributed by atoms with E-state index in [-0.39, 0.29) is 12.3 Å². The third kappa shape index (κ3) is 5.44. The number of aryl methyl sites for hydroxylation is 1. The highest BCUT2D eigenvalue weighted by atomic mass is 16.5. The highest BCUT2D eigenvalue weighted by Gasteiger charge is 2.12. The lowest BCUT2D eigenvalue weighted by Gasteiger charge is -2.10. The average molecular weight is 354 g/mol. The molecule has 2 amide bonds. The molecule has 0 atom stereocenters. The maximum Gasteiger partial charge on any atom is 0.338 e. The maximum atomic E-state index is 12.1. The van der Waals surface area contributed by atoms with Crippen molar-refractivity contribution in [2.45, 2.75) is 26.7 Å². The van der Waals surface area contributed by atoms with Crippen LogP contribution >= 0.6 is 0 Å². The van der Waals surface area contributed by atoms with E-state index in [2.05, 4.69) is 10.6 Å². The number of esters is 1. The van der Waals surface area contributed by atoms with Crippen molar-refractivity contribution in [1.82, 2.24) is 0 Å². The van der Waals surface area contributed by atoms with E-state index in [1.807, 2.05) is 31.2 Å². The zero-order chi connectivity index (χ0) is 18.9. The fourth-order valence-corrected chi connectivity index (χ4v) is 2.40. The van der Waals surface area contributed by atoms with Crippen molar-refractivity contribution in [2.24, 2.45) is 0 Å². The van der Waals surface area contributed by atoms with Gasteiger partial charge in [0.25, 0.3) is 0 Å². The number of hydrogen-bond donors (Lipinski definition) is 2. The summed E-state index contributed by atoms with van der Waals surface area (Å²) in [5, 5.41) is 5.39. The van der Waals surface area contributed by atoms with Gasteiger partial charge in [-0.2, -0.15) is 0 Å². The van der Waals surface area contributed by atoms with Crippen molar-refractivity contribution >= 4 is 29.2 Å². The van der Waals surface area contributed by atoms with Crippen LogP contribution in [0.2, 0.25) is 0 Å². The van der Waals surface area contributed by atoms with Gasteiger partial charge in [-0.25, -0.2) is 4.79 Å². The van der Waals surface area contributed by atoms with Gasteiger partial charge in [0.2, 0.25) is 11.8 Å². The van der Waals surface area contributed by atoms with Crippen LogP contribution in [0.25, 0.3) is 0 Å². The van der Waals surface area contributed by atoms with E-state index in [0.717, 1.165) is 12.0 Å². The number of para-hydroxylation sites is 1. The summed E-state index contributed by atoms with van der Waals surface area (Å²) in [5.74, 6) is -1.23. The summed E-state index contributed by atoms with van der Waals surface area (Å²) in [5.41, 5.74) is 2.63. The van der Waals surface area contributed by atoms with Gasteiger partial charge in [0, 0.05) is 11.4 Å². The monoisotopic (exact) mass is 354 g/mol. The number of rotatable bonds is 7. The number of benzene rings is 2. The molecule has 6 heteroatoms. The van der Waals surface area contributed by atoms with Gasteiger partial charge in [-0.1, -0.05) is 25.1 Å². The molecule has 0 fully saturated rings. The lowest BCUT2D eigenvalue weighted by atomic mass is 10.1. The molecule has 2 rings (SSSR count). The summed E-state index contributed by atoms with van der Waals surface area (Å²) in [7, 11) is 0. The Morgan fingerprint density at radius 3 is 2.19 bits per heavy atom. The van der Waals surface area contributed by atoms with Crippen LogP contribution in [0, 0.1) is 0 Å². The van der Waals surface area contributed by atoms with Crippen molar-refractivity contribution in [2.75, 3.05) is 17.2 Å². The molecule has 0 aliphatic rings. The summed E-state index contributed by atoms with van der Waals surface area (Å²) >= 11 is 0. The number of amides is 2. The van der Waals surface area contributed by atoms with E-state index in [9.17, 15) is 14.4 Å². The largest absolute Gasteiger partial charge is 0.462 e. The minimum Gasteiger partial charge on any atom is -0.462 e. The van der Waals surface area contributed by atoms with Crippen molar-refractivity contribution in [3.05, 3.63) is 59.7 Å². The average Bonchev–Trinajstić information content (AvgIpc) is 2.62. The molecule has 0 bridgehead atoms. The van der Waals surface area contributed by atoms with Gasteiger partial charge >= 0.3 is 5.97 Å². The number of ether oxygens (including phenoxy) is 1. The first kappa shape index (κ1) is 19.2. The van der Waals surface area contributed by atoms with E-state index in [1.54, 1.807) is 31.2 Å². The molecule has 0 saturated heterocycles. The Balaban J connectivity index is 1.89. The smallest absolute Gasteiger partial charge is 0.338 e. The Bertz CT molecular complexity index is 785. The number of carbonyl (C=O) groups excluding carboxylic acids is 3. The third-order valence-corrected chi connectivity index (χ3v) is 3.67. The molecule has 2 N–H and O–H groups in total. The molecular formula is C20H22N2O4. The second-order valence-corrected chi connectivity index (χ2v) is 5.58. The molecule has 2 aromatic carbocycles. The standard InChI is InChI=1S/C20H22N2O4/c1-3-14-7-5-6-8-17(14)22-19(24)13-18(23)21-16-11-9-15(10-12-16)20(25)26-4-2/h5-12H,3-4,13H2,1-2H3,(H,21,23)(H,22,24). The Morgan fingerprint density at radius 1 is 0.885 bits per heavy atom. The molecular weight excluding hydrogens is 332 g/mol. The van der Waals surface area contributed by atoms with Crippen LogP contribution in [-0.2, 0) is 20.7 Å². The molecule has 0 radical (unpaired) electrons. The van der Waals surface area contributed by atoms with Gasteiger partial charge in [-0.05, 0) is 49.2 Å². The molecule has 0 heterocycles. The number of anilines is 2. The van der Waals surface area contributed by atoms with E-state index in [0.29, 0.717) is 23.5 Å². The van der Waals surface area contributed by atoms with Crippen molar-refractivity contribution in [3.8, 4) is 0 Å².